The van der Waals surface area contributed by atoms with Gasteiger partial charge in [0.05, 0.1) is 20.3 Å². The van der Waals surface area contributed by atoms with Crippen molar-refractivity contribution in [2.24, 2.45) is 5.92 Å². The van der Waals surface area contributed by atoms with Gasteiger partial charge in [-0.05, 0) is 54.0 Å². The second-order valence-corrected chi connectivity index (χ2v) is 11.2. The third kappa shape index (κ3) is 6.27. The zero-order valence-electron chi connectivity index (χ0n) is 22.9. The molecular formula is C30H41N3O4. The molecule has 2 aliphatic rings. The van der Waals surface area contributed by atoms with E-state index >= 15 is 0 Å². The molecule has 1 aliphatic heterocycles. The molecule has 1 aliphatic carbocycles. The summed E-state index contributed by atoms with van der Waals surface area (Å²) in [5.74, 6) is 1.61. The first-order chi connectivity index (χ1) is 17.7. The van der Waals surface area contributed by atoms with E-state index in [1.54, 1.807) is 26.4 Å². The van der Waals surface area contributed by atoms with E-state index in [1.807, 2.05) is 23.1 Å². The summed E-state index contributed by atoms with van der Waals surface area (Å²) in [4.78, 5) is 31.0. The van der Waals surface area contributed by atoms with Crippen molar-refractivity contribution < 1.29 is 19.1 Å². The summed E-state index contributed by atoms with van der Waals surface area (Å²) in [6, 6.07) is 13.2. The first kappa shape index (κ1) is 27.0. The van der Waals surface area contributed by atoms with Crippen molar-refractivity contribution in [3.8, 4) is 11.5 Å². The Morgan fingerprint density at radius 1 is 0.892 bits per heavy atom. The van der Waals surface area contributed by atoms with Crippen molar-refractivity contribution in [1.29, 1.82) is 0 Å². The maximum Gasteiger partial charge on any atom is 0.253 e. The van der Waals surface area contributed by atoms with E-state index < -0.39 is 0 Å². The molecule has 2 aromatic carbocycles. The van der Waals surface area contributed by atoms with Crippen LogP contribution in [0.1, 0.15) is 62.4 Å². The second kappa shape index (κ2) is 11.5. The number of rotatable bonds is 7. The largest absolute Gasteiger partial charge is 0.493 e. The Morgan fingerprint density at radius 2 is 1.51 bits per heavy atom. The van der Waals surface area contributed by atoms with E-state index in [-0.39, 0.29) is 23.3 Å². The quantitative estimate of drug-likeness (QED) is 0.574. The Labute approximate surface area is 221 Å². The smallest absolute Gasteiger partial charge is 0.253 e. The van der Waals surface area contributed by atoms with Gasteiger partial charge in [0.2, 0.25) is 5.91 Å². The van der Waals surface area contributed by atoms with Crippen molar-refractivity contribution in [2.45, 2.75) is 57.9 Å². The molecule has 0 unspecified atom stereocenters. The highest BCUT2D eigenvalue weighted by Gasteiger charge is 2.37. The maximum atomic E-state index is 13.6. The number of nitrogens with one attached hydrogen (secondary N) is 1. The van der Waals surface area contributed by atoms with E-state index in [0.29, 0.717) is 49.3 Å². The van der Waals surface area contributed by atoms with E-state index in [2.05, 4.69) is 43.1 Å². The minimum atomic E-state index is -0.209. The van der Waals surface area contributed by atoms with Crippen LogP contribution in [0.25, 0.3) is 0 Å². The van der Waals surface area contributed by atoms with Gasteiger partial charge in [0.1, 0.15) is 0 Å². The molecule has 4 rings (SSSR count). The Hall–Kier alpha value is -3.06. The molecule has 1 N–H and O–H groups in total. The van der Waals surface area contributed by atoms with Gasteiger partial charge in [0.25, 0.3) is 5.91 Å². The van der Waals surface area contributed by atoms with Crippen LogP contribution in [-0.2, 0) is 10.2 Å². The molecule has 1 atom stereocenters. The summed E-state index contributed by atoms with van der Waals surface area (Å²) in [5.41, 5.74) is 2.69. The number of methoxy groups -OCH3 is 2. The highest BCUT2D eigenvalue weighted by molar-refractivity contribution is 5.96. The van der Waals surface area contributed by atoms with Crippen LogP contribution in [0.4, 0.5) is 5.69 Å². The summed E-state index contributed by atoms with van der Waals surface area (Å²) in [6.45, 7) is 9.12. The number of anilines is 1. The van der Waals surface area contributed by atoms with E-state index in [1.165, 1.54) is 5.56 Å². The zero-order valence-corrected chi connectivity index (χ0v) is 22.9. The van der Waals surface area contributed by atoms with Crippen LogP contribution in [-0.4, -0.2) is 68.1 Å². The van der Waals surface area contributed by atoms with Crippen LogP contribution in [0, 0.1) is 5.92 Å². The first-order valence-corrected chi connectivity index (χ1v) is 13.4. The standard InChI is InChI=1S/C30H41N3O4/c1-30(2,3)23-12-10-22(11-13-23)29(35)33-18-16-32(17-19-33)27(21-8-6-7-9-21)28(34)31-24-14-15-25(36-4)26(20-24)37-5/h10-15,20-21,27H,6-9,16-19H2,1-5H3,(H,31,34)/t27-/m1/s1. The Kier molecular flexibility index (Phi) is 8.42. The number of piperazine rings is 1. The molecule has 1 saturated carbocycles. The van der Waals surface area contributed by atoms with Gasteiger partial charge in [-0.25, -0.2) is 0 Å². The summed E-state index contributed by atoms with van der Waals surface area (Å²) < 4.78 is 10.7. The topological polar surface area (TPSA) is 71.1 Å². The number of ether oxygens (including phenoxy) is 2. The number of amides is 2. The highest BCUT2D eigenvalue weighted by atomic mass is 16.5. The summed E-state index contributed by atoms with van der Waals surface area (Å²) in [7, 11) is 3.18. The number of nitrogens with zero attached hydrogens (tertiary/aromatic N) is 2. The lowest BCUT2D eigenvalue weighted by Crippen LogP contribution is -2.56. The van der Waals surface area contributed by atoms with E-state index in [0.717, 1.165) is 31.2 Å². The van der Waals surface area contributed by atoms with Crippen molar-refractivity contribution in [3.05, 3.63) is 53.6 Å². The van der Waals surface area contributed by atoms with Crippen molar-refractivity contribution in [3.63, 3.8) is 0 Å². The average Bonchev–Trinajstić information content (AvgIpc) is 3.42. The molecule has 37 heavy (non-hydrogen) atoms. The van der Waals surface area contributed by atoms with Crippen LogP contribution in [0.2, 0.25) is 0 Å². The Morgan fingerprint density at radius 3 is 2.08 bits per heavy atom. The predicted molar refractivity (Wildman–Crippen MR) is 147 cm³/mol. The lowest BCUT2D eigenvalue weighted by Gasteiger charge is -2.40. The van der Waals surface area contributed by atoms with E-state index in [9.17, 15) is 9.59 Å². The number of carbonyl (C=O) groups excluding carboxylic acids is 2. The molecule has 2 amide bonds. The number of hydrogen-bond donors (Lipinski definition) is 1. The lowest BCUT2D eigenvalue weighted by molar-refractivity contribution is -0.123. The van der Waals surface area contributed by atoms with Crippen molar-refractivity contribution >= 4 is 17.5 Å². The molecule has 7 heteroatoms. The molecule has 2 aromatic rings. The third-order valence-electron chi connectivity index (χ3n) is 7.76. The van der Waals surface area contributed by atoms with Gasteiger partial charge < -0.3 is 19.7 Å². The zero-order chi connectivity index (χ0) is 26.6. The molecule has 2 fully saturated rings. The minimum Gasteiger partial charge on any atom is -0.493 e. The molecule has 0 spiro atoms. The number of benzene rings is 2. The molecule has 0 radical (unpaired) electrons. The van der Waals surface area contributed by atoms with Crippen LogP contribution in [0.5, 0.6) is 11.5 Å². The van der Waals surface area contributed by atoms with Gasteiger partial charge in [-0.3, -0.25) is 14.5 Å². The molecule has 1 heterocycles. The highest BCUT2D eigenvalue weighted by Crippen LogP contribution is 2.33. The van der Waals surface area contributed by atoms with Gasteiger partial charge in [0.15, 0.2) is 11.5 Å². The Balaban J connectivity index is 1.42. The molecule has 1 saturated heterocycles. The third-order valence-corrected chi connectivity index (χ3v) is 7.76. The molecular weight excluding hydrogens is 466 g/mol. The molecule has 200 valence electrons. The summed E-state index contributed by atoms with van der Waals surface area (Å²) in [5, 5.41) is 3.12. The minimum absolute atomic E-state index is 0.0108. The monoisotopic (exact) mass is 507 g/mol. The molecule has 7 nitrogen and oxygen atoms in total. The lowest BCUT2D eigenvalue weighted by atomic mass is 9.86. The SMILES string of the molecule is COc1ccc(NC(=O)[C@@H](C2CCCC2)N2CCN(C(=O)c3ccc(C(C)(C)C)cc3)CC2)cc1OC. The van der Waals surface area contributed by atoms with Gasteiger partial charge >= 0.3 is 0 Å². The van der Waals surface area contributed by atoms with Crippen molar-refractivity contribution in [1.82, 2.24) is 9.80 Å². The van der Waals surface area contributed by atoms with Crippen LogP contribution in [0.15, 0.2) is 42.5 Å². The number of hydrogen-bond acceptors (Lipinski definition) is 5. The van der Waals surface area contributed by atoms with Crippen LogP contribution < -0.4 is 14.8 Å². The van der Waals surface area contributed by atoms with E-state index in [4.69, 9.17) is 9.47 Å². The van der Waals surface area contributed by atoms with Crippen molar-refractivity contribution in [2.75, 3.05) is 45.7 Å². The Bertz CT molecular complexity index is 1080. The summed E-state index contributed by atoms with van der Waals surface area (Å²) >= 11 is 0. The van der Waals surface area contributed by atoms with Gasteiger partial charge in [-0.15, -0.1) is 0 Å². The average molecular weight is 508 g/mol. The predicted octanol–water partition coefficient (Wildman–Crippen LogP) is 4.96. The fraction of sp³-hybridized carbons (Fsp3) is 0.533. The van der Waals surface area contributed by atoms with Crippen LogP contribution in [0.3, 0.4) is 0 Å². The normalized spacial score (nSPS) is 17.9. The first-order valence-electron chi connectivity index (χ1n) is 13.4. The number of carbonyl (C=O) groups is 2. The van der Waals surface area contributed by atoms with Gasteiger partial charge in [-0.2, -0.15) is 0 Å². The second-order valence-electron chi connectivity index (χ2n) is 11.2. The summed E-state index contributed by atoms with van der Waals surface area (Å²) in [6.07, 6.45) is 4.44. The molecule has 0 aromatic heterocycles. The van der Waals surface area contributed by atoms with Gasteiger partial charge in [0, 0.05) is 43.5 Å². The fourth-order valence-corrected chi connectivity index (χ4v) is 5.58. The van der Waals surface area contributed by atoms with Crippen LogP contribution >= 0.6 is 0 Å². The molecule has 0 bridgehead atoms. The van der Waals surface area contributed by atoms with Gasteiger partial charge in [-0.1, -0.05) is 45.7 Å². The fourth-order valence-electron chi connectivity index (χ4n) is 5.58. The maximum absolute atomic E-state index is 13.6.